The standard InChI is InChI=1S/C14H14ClN3O/c1-18(11-5-3-2-4-6-11)13-8-7-10(15)9-12(13)14(16)17-19/h2-9,19H,1H3,(H2,16,17). The zero-order valence-corrected chi connectivity index (χ0v) is 11.2. The number of anilines is 2. The van der Waals surface area contributed by atoms with E-state index in [9.17, 15) is 0 Å². The third-order valence-electron chi connectivity index (χ3n) is 2.85. The molecule has 0 fully saturated rings. The van der Waals surface area contributed by atoms with Crippen LogP contribution < -0.4 is 10.6 Å². The molecule has 3 N–H and O–H groups in total. The first-order valence-electron chi connectivity index (χ1n) is 5.69. The van der Waals surface area contributed by atoms with E-state index in [0.717, 1.165) is 11.4 Å². The Morgan fingerprint density at radius 1 is 1.21 bits per heavy atom. The van der Waals surface area contributed by atoms with E-state index in [0.29, 0.717) is 10.6 Å². The number of nitrogens with two attached hydrogens (primary N) is 1. The molecule has 4 nitrogen and oxygen atoms in total. The summed E-state index contributed by atoms with van der Waals surface area (Å²) in [5.41, 5.74) is 8.09. The summed E-state index contributed by atoms with van der Waals surface area (Å²) in [6.45, 7) is 0. The lowest BCUT2D eigenvalue weighted by molar-refractivity contribution is 0.318. The summed E-state index contributed by atoms with van der Waals surface area (Å²) in [7, 11) is 1.91. The highest BCUT2D eigenvalue weighted by molar-refractivity contribution is 6.31. The molecule has 0 radical (unpaired) electrons. The van der Waals surface area contributed by atoms with E-state index in [-0.39, 0.29) is 5.84 Å². The van der Waals surface area contributed by atoms with Crippen LogP contribution in [0, 0.1) is 0 Å². The van der Waals surface area contributed by atoms with Crippen LogP contribution in [-0.4, -0.2) is 18.1 Å². The van der Waals surface area contributed by atoms with Gasteiger partial charge in [0.15, 0.2) is 5.84 Å². The van der Waals surface area contributed by atoms with Crippen molar-refractivity contribution >= 4 is 28.8 Å². The second kappa shape index (κ2) is 5.63. The molecule has 2 rings (SSSR count). The molecule has 0 aromatic heterocycles. The van der Waals surface area contributed by atoms with E-state index < -0.39 is 0 Å². The summed E-state index contributed by atoms with van der Waals surface area (Å²) < 4.78 is 0. The zero-order valence-electron chi connectivity index (χ0n) is 10.4. The van der Waals surface area contributed by atoms with Crippen molar-refractivity contribution in [3.8, 4) is 0 Å². The summed E-state index contributed by atoms with van der Waals surface area (Å²) in [6.07, 6.45) is 0. The fourth-order valence-electron chi connectivity index (χ4n) is 1.85. The number of halogens is 1. The van der Waals surface area contributed by atoms with Crippen LogP contribution in [0.5, 0.6) is 0 Å². The summed E-state index contributed by atoms with van der Waals surface area (Å²) >= 11 is 5.96. The van der Waals surface area contributed by atoms with Gasteiger partial charge in [0.2, 0.25) is 0 Å². The molecule has 0 aliphatic rings. The molecule has 0 bridgehead atoms. The van der Waals surface area contributed by atoms with Gasteiger partial charge in [-0.1, -0.05) is 35.0 Å². The summed E-state index contributed by atoms with van der Waals surface area (Å²) in [5.74, 6) is 0.0280. The van der Waals surface area contributed by atoms with Crippen molar-refractivity contribution in [3.63, 3.8) is 0 Å². The first-order chi connectivity index (χ1) is 9.13. The van der Waals surface area contributed by atoms with Crippen molar-refractivity contribution in [3.05, 3.63) is 59.1 Å². The lowest BCUT2D eigenvalue weighted by Crippen LogP contribution is -2.19. The molecule has 0 amide bonds. The van der Waals surface area contributed by atoms with E-state index >= 15 is 0 Å². The molecular weight excluding hydrogens is 262 g/mol. The molecule has 0 atom stereocenters. The van der Waals surface area contributed by atoms with Gasteiger partial charge in [0.25, 0.3) is 0 Å². The highest BCUT2D eigenvalue weighted by Gasteiger charge is 2.13. The number of oxime groups is 1. The highest BCUT2D eigenvalue weighted by atomic mass is 35.5. The van der Waals surface area contributed by atoms with Gasteiger partial charge >= 0.3 is 0 Å². The second-order valence-corrected chi connectivity index (χ2v) is 4.48. The number of nitrogens with zero attached hydrogens (tertiary/aromatic N) is 2. The minimum atomic E-state index is 0.0280. The number of benzene rings is 2. The summed E-state index contributed by atoms with van der Waals surface area (Å²) in [4.78, 5) is 1.95. The minimum absolute atomic E-state index is 0.0280. The maximum atomic E-state index is 8.86. The van der Waals surface area contributed by atoms with Crippen molar-refractivity contribution in [1.29, 1.82) is 0 Å². The lowest BCUT2D eigenvalue weighted by atomic mass is 10.1. The molecular formula is C14H14ClN3O. The van der Waals surface area contributed by atoms with Crippen LogP contribution in [0.15, 0.2) is 53.7 Å². The first-order valence-corrected chi connectivity index (χ1v) is 6.07. The van der Waals surface area contributed by atoms with Gasteiger partial charge in [0.1, 0.15) is 0 Å². The van der Waals surface area contributed by atoms with Gasteiger partial charge in [-0.25, -0.2) is 0 Å². The number of amidine groups is 1. The molecule has 0 unspecified atom stereocenters. The van der Waals surface area contributed by atoms with Gasteiger partial charge in [-0.2, -0.15) is 0 Å². The lowest BCUT2D eigenvalue weighted by Gasteiger charge is -2.22. The van der Waals surface area contributed by atoms with Crippen molar-refractivity contribution in [2.75, 3.05) is 11.9 Å². The fraction of sp³-hybridized carbons (Fsp3) is 0.0714. The Hall–Kier alpha value is -2.20. The molecule has 0 saturated carbocycles. The molecule has 19 heavy (non-hydrogen) atoms. The molecule has 5 heteroatoms. The molecule has 0 spiro atoms. The van der Waals surface area contributed by atoms with Crippen molar-refractivity contribution in [2.45, 2.75) is 0 Å². The fourth-order valence-corrected chi connectivity index (χ4v) is 2.02. The Balaban J connectivity index is 2.50. The zero-order chi connectivity index (χ0) is 13.8. The van der Waals surface area contributed by atoms with Gasteiger partial charge < -0.3 is 15.8 Å². The van der Waals surface area contributed by atoms with Gasteiger partial charge in [-0.15, -0.1) is 0 Å². The van der Waals surface area contributed by atoms with Crippen LogP contribution in [0.1, 0.15) is 5.56 Å². The molecule has 0 saturated heterocycles. The Bertz CT molecular complexity index is 599. The van der Waals surface area contributed by atoms with E-state index in [1.807, 2.05) is 48.3 Å². The highest BCUT2D eigenvalue weighted by Crippen LogP contribution is 2.28. The van der Waals surface area contributed by atoms with Crippen LogP contribution in [0.2, 0.25) is 5.02 Å². The molecule has 98 valence electrons. The molecule has 2 aromatic carbocycles. The predicted octanol–water partition coefficient (Wildman–Crippen LogP) is 3.20. The van der Waals surface area contributed by atoms with Crippen LogP contribution in [-0.2, 0) is 0 Å². The SMILES string of the molecule is CN(c1ccccc1)c1ccc(Cl)cc1C(N)=NO. The van der Waals surface area contributed by atoms with Crippen LogP contribution in [0.4, 0.5) is 11.4 Å². The Labute approximate surface area is 116 Å². The van der Waals surface area contributed by atoms with Gasteiger partial charge in [-0.05, 0) is 30.3 Å². The van der Waals surface area contributed by atoms with Gasteiger partial charge in [0.05, 0.1) is 5.69 Å². The van der Waals surface area contributed by atoms with Gasteiger partial charge in [-0.3, -0.25) is 0 Å². The number of hydrogen-bond donors (Lipinski definition) is 2. The summed E-state index contributed by atoms with van der Waals surface area (Å²) in [5, 5.41) is 12.4. The smallest absolute Gasteiger partial charge is 0.172 e. The van der Waals surface area contributed by atoms with E-state index in [4.69, 9.17) is 22.5 Å². The average molecular weight is 276 g/mol. The quantitative estimate of drug-likeness (QED) is 0.391. The van der Waals surface area contributed by atoms with Crippen molar-refractivity contribution in [2.24, 2.45) is 10.9 Å². The van der Waals surface area contributed by atoms with E-state index in [2.05, 4.69) is 5.16 Å². The molecule has 0 aliphatic carbocycles. The number of rotatable bonds is 3. The average Bonchev–Trinajstić information content (AvgIpc) is 2.46. The molecule has 0 heterocycles. The van der Waals surface area contributed by atoms with Crippen LogP contribution in [0.3, 0.4) is 0 Å². The Morgan fingerprint density at radius 2 is 1.89 bits per heavy atom. The second-order valence-electron chi connectivity index (χ2n) is 4.04. The van der Waals surface area contributed by atoms with Crippen LogP contribution >= 0.6 is 11.6 Å². The van der Waals surface area contributed by atoms with Crippen molar-refractivity contribution in [1.82, 2.24) is 0 Å². The first kappa shape index (κ1) is 13.2. The topological polar surface area (TPSA) is 61.8 Å². The van der Waals surface area contributed by atoms with Crippen LogP contribution in [0.25, 0.3) is 0 Å². The predicted molar refractivity (Wildman–Crippen MR) is 78.5 cm³/mol. The van der Waals surface area contributed by atoms with Gasteiger partial charge in [0, 0.05) is 23.3 Å². The number of para-hydroxylation sites is 1. The van der Waals surface area contributed by atoms with E-state index in [1.54, 1.807) is 12.1 Å². The Kier molecular flexibility index (Phi) is 3.92. The third-order valence-corrected chi connectivity index (χ3v) is 3.08. The number of hydrogen-bond acceptors (Lipinski definition) is 3. The van der Waals surface area contributed by atoms with Crippen molar-refractivity contribution < 1.29 is 5.21 Å². The Morgan fingerprint density at radius 3 is 2.53 bits per heavy atom. The normalized spacial score (nSPS) is 11.4. The monoisotopic (exact) mass is 275 g/mol. The largest absolute Gasteiger partial charge is 0.409 e. The maximum absolute atomic E-state index is 8.86. The minimum Gasteiger partial charge on any atom is -0.409 e. The molecule has 2 aromatic rings. The third kappa shape index (κ3) is 2.80. The maximum Gasteiger partial charge on any atom is 0.172 e. The summed E-state index contributed by atoms with van der Waals surface area (Å²) in [6, 6.07) is 15.1. The van der Waals surface area contributed by atoms with E-state index in [1.165, 1.54) is 0 Å². The molecule has 0 aliphatic heterocycles.